The Balaban J connectivity index is 3.82. The van der Waals surface area contributed by atoms with Gasteiger partial charge in [0, 0.05) is 17.7 Å². The fourth-order valence-corrected chi connectivity index (χ4v) is 0.567. The summed E-state index contributed by atoms with van der Waals surface area (Å²) < 4.78 is 0. The molecule has 0 aliphatic heterocycles. The van der Waals surface area contributed by atoms with Crippen molar-refractivity contribution in [2.45, 2.75) is 33.2 Å². The molecule has 11 heavy (non-hydrogen) atoms. The molecule has 0 heterocycles. The number of allylic oxidation sites excluding steroid dienone is 1. The summed E-state index contributed by atoms with van der Waals surface area (Å²) >= 11 is 0. The molecule has 0 rings (SSSR count). The molecule has 0 saturated heterocycles. The molecule has 2 nitrogen and oxygen atoms in total. The van der Waals surface area contributed by atoms with E-state index in [2.05, 4.69) is 32.2 Å². The van der Waals surface area contributed by atoms with E-state index >= 15 is 0 Å². The van der Waals surface area contributed by atoms with Gasteiger partial charge in [-0.2, -0.15) is 5.26 Å². The zero-order valence-corrected chi connectivity index (χ0v) is 7.73. The lowest BCUT2D eigenvalue weighted by Gasteiger charge is -2.19. The molecule has 0 aliphatic rings. The van der Waals surface area contributed by atoms with Crippen LogP contribution in [0, 0.1) is 11.3 Å². The Hall–Kier alpha value is -0.810. The second-order valence-corrected chi connectivity index (χ2v) is 3.53. The molecule has 0 radical (unpaired) electrons. The zero-order valence-electron chi connectivity index (χ0n) is 7.73. The van der Waals surface area contributed by atoms with Crippen molar-refractivity contribution in [3.8, 4) is 6.07 Å². The van der Waals surface area contributed by atoms with Crippen LogP contribution in [0.2, 0.25) is 0 Å². The minimum atomic E-state index is 0.0884. The van der Waals surface area contributed by atoms with Crippen molar-refractivity contribution in [2.24, 2.45) is 0 Å². The SMILES string of the molecule is C/C=C(/C#N)CNC(C)(C)C. The van der Waals surface area contributed by atoms with Crippen LogP contribution in [0.25, 0.3) is 0 Å². The van der Waals surface area contributed by atoms with Gasteiger partial charge in [-0.05, 0) is 27.7 Å². The molecule has 0 amide bonds. The van der Waals surface area contributed by atoms with Crippen molar-refractivity contribution in [3.05, 3.63) is 11.6 Å². The van der Waals surface area contributed by atoms with E-state index in [1.54, 1.807) is 0 Å². The molecule has 0 aromatic rings. The normalized spacial score (nSPS) is 12.8. The fraction of sp³-hybridized carbons (Fsp3) is 0.667. The topological polar surface area (TPSA) is 35.8 Å². The van der Waals surface area contributed by atoms with Crippen LogP contribution in [0.15, 0.2) is 11.6 Å². The summed E-state index contributed by atoms with van der Waals surface area (Å²) in [5, 5.41) is 11.8. The van der Waals surface area contributed by atoms with Gasteiger partial charge in [0.25, 0.3) is 0 Å². The number of hydrogen-bond acceptors (Lipinski definition) is 2. The Morgan fingerprint density at radius 3 is 2.36 bits per heavy atom. The number of nitrogens with one attached hydrogen (secondary N) is 1. The second-order valence-electron chi connectivity index (χ2n) is 3.53. The molecule has 0 fully saturated rings. The van der Waals surface area contributed by atoms with Crippen LogP contribution >= 0.6 is 0 Å². The van der Waals surface area contributed by atoms with Gasteiger partial charge in [-0.15, -0.1) is 0 Å². The Labute approximate surface area is 68.9 Å². The van der Waals surface area contributed by atoms with Crippen LogP contribution < -0.4 is 5.32 Å². The van der Waals surface area contributed by atoms with Gasteiger partial charge in [-0.25, -0.2) is 0 Å². The Bertz CT molecular complexity index is 179. The maximum atomic E-state index is 8.56. The van der Waals surface area contributed by atoms with Crippen molar-refractivity contribution < 1.29 is 0 Å². The molecule has 1 N–H and O–H groups in total. The largest absolute Gasteiger partial charge is 0.307 e. The first-order valence-corrected chi connectivity index (χ1v) is 3.80. The van der Waals surface area contributed by atoms with Crippen LogP contribution in [0.5, 0.6) is 0 Å². The van der Waals surface area contributed by atoms with E-state index in [1.807, 2.05) is 13.0 Å². The van der Waals surface area contributed by atoms with E-state index in [0.29, 0.717) is 6.54 Å². The summed E-state index contributed by atoms with van der Waals surface area (Å²) in [5.41, 5.74) is 0.880. The highest BCUT2D eigenvalue weighted by atomic mass is 14.9. The van der Waals surface area contributed by atoms with E-state index in [4.69, 9.17) is 5.26 Å². The molecule has 0 bridgehead atoms. The van der Waals surface area contributed by atoms with Crippen LogP contribution in [0.4, 0.5) is 0 Å². The molecule has 0 aliphatic carbocycles. The van der Waals surface area contributed by atoms with Crippen LogP contribution in [0.1, 0.15) is 27.7 Å². The molecule has 2 heteroatoms. The van der Waals surface area contributed by atoms with Gasteiger partial charge in [0.2, 0.25) is 0 Å². The smallest absolute Gasteiger partial charge is 0.0957 e. The van der Waals surface area contributed by atoms with Crippen molar-refractivity contribution in [1.29, 1.82) is 5.26 Å². The van der Waals surface area contributed by atoms with Gasteiger partial charge in [0.05, 0.1) is 6.07 Å². The van der Waals surface area contributed by atoms with Gasteiger partial charge in [0.15, 0.2) is 0 Å². The monoisotopic (exact) mass is 152 g/mol. The molecular weight excluding hydrogens is 136 g/mol. The third kappa shape index (κ3) is 5.63. The molecule has 0 atom stereocenters. The van der Waals surface area contributed by atoms with Gasteiger partial charge in [0.1, 0.15) is 0 Å². The number of nitrogens with zero attached hydrogens (tertiary/aromatic N) is 1. The van der Waals surface area contributed by atoms with Gasteiger partial charge < -0.3 is 5.32 Å². The molecule has 62 valence electrons. The lowest BCUT2D eigenvalue weighted by atomic mass is 10.1. The number of nitriles is 1. The van der Waals surface area contributed by atoms with Gasteiger partial charge in [-0.3, -0.25) is 0 Å². The summed E-state index contributed by atoms with van der Waals surface area (Å²) in [4.78, 5) is 0. The fourth-order valence-electron chi connectivity index (χ4n) is 0.567. The van der Waals surface area contributed by atoms with E-state index in [1.165, 1.54) is 0 Å². The minimum absolute atomic E-state index is 0.0884. The third-order valence-corrected chi connectivity index (χ3v) is 1.30. The zero-order chi connectivity index (χ0) is 8.91. The van der Waals surface area contributed by atoms with Crippen LogP contribution in [-0.4, -0.2) is 12.1 Å². The van der Waals surface area contributed by atoms with Gasteiger partial charge >= 0.3 is 0 Å². The lowest BCUT2D eigenvalue weighted by Crippen LogP contribution is -2.36. The number of hydrogen-bond donors (Lipinski definition) is 1. The maximum absolute atomic E-state index is 8.56. The van der Waals surface area contributed by atoms with Crippen molar-refractivity contribution >= 4 is 0 Å². The summed E-state index contributed by atoms with van der Waals surface area (Å²) in [7, 11) is 0. The van der Waals surface area contributed by atoms with Crippen LogP contribution in [-0.2, 0) is 0 Å². The van der Waals surface area contributed by atoms with Crippen molar-refractivity contribution in [1.82, 2.24) is 5.32 Å². The quantitative estimate of drug-likeness (QED) is 0.613. The summed E-state index contributed by atoms with van der Waals surface area (Å²) in [6.07, 6.45) is 1.83. The minimum Gasteiger partial charge on any atom is -0.307 e. The van der Waals surface area contributed by atoms with Crippen molar-refractivity contribution in [2.75, 3.05) is 6.54 Å². The summed E-state index contributed by atoms with van der Waals surface area (Å²) in [6, 6.07) is 2.12. The molecule has 0 unspecified atom stereocenters. The van der Waals surface area contributed by atoms with E-state index in [9.17, 15) is 0 Å². The number of rotatable bonds is 2. The van der Waals surface area contributed by atoms with Gasteiger partial charge in [-0.1, -0.05) is 6.08 Å². The third-order valence-electron chi connectivity index (χ3n) is 1.30. The molecule has 0 saturated carbocycles. The average Bonchev–Trinajstić information content (AvgIpc) is 1.88. The first kappa shape index (κ1) is 10.2. The first-order valence-electron chi connectivity index (χ1n) is 3.80. The Kier molecular flexibility index (Phi) is 3.84. The summed E-state index contributed by atoms with van der Waals surface area (Å²) in [5.74, 6) is 0. The highest BCUT2D eigenvalue weighted by Crippen LogP contribution is 1.99. The van der Waals surface area contributed by atoms with E-state index < -0.39 is 0 Å². The summed E-state index contributed by atoms with van der Waals surface area (Å²) in [6.45, 7) is 8.78. The molecular formula is C9H16N2. The van der Waals surface area contributed by atoms with Crippen LogP contribution in [0.3, 0.4) is 0 Å². The van der Waals surface area contributed by atoms with Crippen molar-refractivity contribution in [3.63, 3.8) is 0 Å². The standard InChI is InChI=1S/C9H16N2/c1-5-8(6-10)7-11-9(2,3)4/h5,11H,7H2,1-4H3/b8-5-. The second kappa shape index (κ2) is 4.15. The Morgan fingerprint density at radius 1 is 1.55 bits per heavy atom. The lowest BCUT2D eigenvalue weighted by molar-refractivity contribution is 0.446. The van der Waals surface area contributed by atoms with E-state index in [0.717, 1.165) is 5.57 Å². The Morgan fingerprint density at radius 2 is 2.09 bits per heavy atom. The molecule has 0 spiro atoms. The predicted molar refractivity (Wildman–Crippen MR) is 47.1 cm³/mol. The maximum Gasteiger partial charge on any atom is 0.0957 e. The molecule has 0 aromatic heterocycles. The predicted octanol–water partition coefficient (Wildman–Crippen LogP) is 1.84. The highest BCUT2D eigenvalue weighted by Gasteiger charge is 2.08. The van der Waals surface area contributed by atoms with E-state index in [-0.39, 0.29) is 5.54 Å². The first-order chi connectivity index (χ1) is 4.99. The molecule has 0 aromatic carbocycles. The highest BCUT2D eigenvalue weighted by molar-refractivity contribution is 5.21. The average molecular weight is 152 g/mol.